The van der Waals surface area contributed by atoms with Crippen molar-refractivity contribution in [3.8, 4) is 0 Å². The van der Waals surface area contributed by atoms with Gasteiger partial charge in [0.2, 0.25) is 11.8 Å². The maximum absolute atomic E-state index is 13.0. The molecule has 1 aromatic rings. The fraction of sp³-hybridized carbons (Fsp3) is 0.545. The Morgan fingerprint density at radius 2 is 1.61 bits per heavy atom. The molecule has 166 valence electrons. The number of rotatable bonds is 6. The van der Waals surface area contributed by atoms with E-state index < -0.39 is 24.5 Å². The Morgan fingerprint density at radius 3 is 2.16 bits per heavy atom. The highest BCUT2D eigenvalue weighted by atomic mass is 79.9. The third kappa shape index (κ3) is 3.84. The van der Waals surface area contributed by atoms with Gasteiger partial charge in [-0.2, -0.15) is 0 Å². The van der Waals surface area contributed by atoms with Crippen LogP contribution in [0.3, 0.4) is 0 Å². The lowest BCUT2D eigenvalue weighted by atomic mass is 9.81. The van der Waals surface area contributed by atoms with Gasteiger partial charge in [0.25, 0.3) is 5.91 Å². The molecular formula is C22H24Br2N2O5. The number of carbonyl (C=O) groups excluding carboxylic acids is 4. The average Bonchev–Trinajstić information content (AvgIpc) is 3.37. The number of esters is 1. The second kappa shape index (κ2) is 8.65. The lowest BCUT2D eigenvalue weighted by molar-refractivity contribution is -0.160. The van der Waals surface area contributed by atoms with Gasteiger partial charge in [-0.3, -0.25) is 19.3 Å². The van der Waals surface area contributed by atoms with Gasteiger partial charge < -0.3 is 10.1 Å². The summed E-state index contributed by atoms with van der Waals surface area (Å²) in [7, 11) is 0. The SMILES string of the molecule is C[C@H](NC(=O)COC(=O)[C@H](C)N1C(=O)[C@@H]2[C@H]3C[C@@H]([C@H](Br)[C@H]3Br)[C@@H]2C1=O)c1ccccc1. The highest BCUT2D eigenvalue weighted by Crippen LogP contribution is 2.60. The number of likely N-dealkylation sites (tertiary alicyclic amines) is 1. The fourth-order valence-corrected chi connectivity index (χ4v) is 7.10. The first-order valence-electron chi connectivity index (χ1n) is 10.4. The van der Waals surface area contributed by atoms with E-state index in [4.69, 9.17) is 4.74 Å². The van der Waals surface area contributed by atoms with Crippen molar-refractivity contribution in [3.05, 3.63) is 35.9 Å². The molecular weight excluding hydrogens is 532 g/mol. The van der Waals surface area contributed by atoms with E-state index in [9.17, 15) is 19.2 Å². The first kappa shape index (κ1) is 22.5. The van der Waals surface area contributed by atoms with Gasteiger partial charge in [-0.05, 0) is 37.7 Å². The van der Waals surface area contributed by atoms with Crippen LogP contribution >= 0.6 is 31.9 Å². The molecule has 3 aliphatic rings. The van der Waals surface area contributed by atoms with Crippen LogP contribution in [0.5, 0.6) is 0 Å². The number of hydrogen-bond acceptors (Lipinski definition) is 5. The minimum absolute atomic E-state index is 0.0781. The molecule has 0 aromatic heterocycles. The minimum Gasteiger partial charge on any atom is -0.454 e. The van der Waals surface area contributed by atoms with Crippen molar-refractivity contribution in [2.75, 3.05) is 6.61 Å². The molecule has 9 heteroatoms. The summed E-state index contributed by atoms with van der Waals surface area (Å²) >= 11 is 7.29. The van der Waals surface area contributed by atoms with Crippen LogP contribution in [0.4, 0.5) is 0 Å². The highest BCUT2D eigenvalue weighted by molar-refractivity contribution is 9.12. The molecule has 1 heterocycles. The monoisotopic (exact) mass is 554 g/mol. The zero-order valence-corrected chi connectivity index (χ0v) is 20.3. The fourth-order valence-electron chi connectivity index (χ4n) is 5.22. The molecule has 2 aliphatic carbocycles. The standard InChI is InChI=1S/C22H24Br2N2O5/c1-10(12-6-4-3-5-7-12)25-15(27)9-31-22(30)11(2)26-20(28)16-13-8-14(17(16)21(26)29)19(24)18(13)23/h3-7,10-11,13-14,16-19H,8-9H2,1-2H3,(H,25,27)/t10-,11-,13+,14+,16-,17+,18-,19-/m0/s1. The molecule has 0 spiro atoms. The van der Waals surface area contributed by atoms with E-state index >= 15 is 0 Å². The summed E-state index contributed by atoms with van der Waals surface area (Å²) in [5.74, 6) is -2.45. The van der Waals surface area contributed by atoms with Crippen molar-refractivity contribution in [2.24, 2.45) is 23.7 Å². The van der Waals surface area contributed by atoms with E-state index in [0.717, 1.165) is 16.9 Å². The van der Waals surface area contributed by atoms with Crippen LogP contribution in [-0.2, 0) is 23.9 Å². The van der Waals surface area contributed by atoms with Gasteiger partial charge in [-0.25, -0.2) is 4.79 Å². The van der Waals surface area contributed by atoms with Gasteiger partial charge in [0.05, 0.1) is 17.9 Å². The van der Waals surface area contributed by atoms with Crippen molar-refractivity contribution in [1.29, 1.82) is 0 Å². The van der Waals surface area contributed by atoms with Gasteiger partial charge in [0.15, 0.2) is 6.61 Å². The molecule has 1 aliphatic heterocycles. The van der Waals surface area contributed by atoms with E-state index in [-0.39, 0.29) is 51.2 Å². The maximum atomic E-state index is 13.0. The Bertz CT molecular complexity index is 878. The number of imide groups is 1. The zero-order chi connectivity index (χ0) is 22.4. The van der Waals surface area contributed by atoms with Crippen LogP contribution in [0.1, 0.15) is 31.9 Å². The van der Waals surface area contributed by atoms with Gasteiger partial charge in [0.1, 0.15) is 6.04 Å². The molecule has 31 heavy (non-hydrogen) atoms. The van der Waals surface area contributed by atoms with Crippen LogP contribution < -0.4 is 5.32 Å². The molecule has 8 atom stereocenters. The molecule has 2 saturated carbocycles. The maximum Gasteiger partial charge on any atom is 0.329 e. The van der Waals surface area contributed by atoms with Crippen LogP contribution in [0, 0.1) is 23.7 Å². The minimum atomic E-state index is -1.06. The van der Waals surface area contributed by atoms with Crippen molar-refractivity contribution in [1.82, 2.24) is 10.2 Å². The molecule has 0 radical (unpaired) electrons. The molecule has 1 aromatic carbocycles. The molecule has 1 saturated heterocycles. The number of benzene rings is 1. The summed E-state index contributed by atoms with van der Waals surface area (Å²) in [6, 6.07) is 8.12. The molecule has 7 nitrogen and oxygen atoms in total. The number of nitrogens with one attached hydrogen (secondary N) is 1. The van der Waals surface area contributed by atoms with Crippen molar-refractivity contribution < 1.29 is 23.9 Å². The number of nitrogens with zero attached hydrogens (tertiary/aromatic N) is 1. The summed E-state index contributed by atoms with van der Waals surface area (Å²) in [5, 5.41) is 2.77. The van der Waals surface area contributed by atoms with Gasteiger partial charge in [-0.1, -0.05) is 62.2 Å². The second-order valence-corrected chi connectivity index (χ2v) is 10.6. The Hall–Kier alpha value is -1.74. The predicted octanol–water partition coefficient (Wildman–Crippen LogP) is 2.57. The van der Waals surface area contributed by atoms with E-state index in [2.05, 4.69) is 37.2 Å². The third-order valence-electron chi connectivity index (χ3n) is 6.77. The average molecular weight is 556 g/mol. The first-order chi connectivity index (χ1) is 14.7. The van der Waals surface area contributed by atoms with Crippen LogP contribution in [0.25, 0.3) is 0 Å². The summed E-state index contributed by atoms with van der Waals surface area (Å²) < 4.78 is 5.13. The van der Waals surface area contributed by atoms with E-state index in [0.29, 0.717) is 0 Å². The smallest absolute Gasteiger partial charge is 0.329 e. The number of alkyl halides is 2. The van der Waals surface area contributed by atoms with Crippen molar-refractivity contribution in [3.63, 3.8) is 0 Å². The first-order valence-corrected chi connectivity index (χ1v) is 12.2. The lowest BCUT2D eigenvalue weighted by Crippen LogP contribution is -2.46. The van der Waals surface area contributed by atoms with Crippen LogP contribution in [0.15, 0.2) is 30.3 Å². The molecule has 3 fully saturated rings. The van der Waals surface area contributed by atoms with Crippen molar-refractivity contribution in [2.45, 2.75) is 42.0 Å². The molecule has 0 unspecified atom stereocenters. The van der Waals surface area contributed by atoms with Gasteiger partial charge in [0, 0.05) is 9.65 Å². The van der Waals surface area contributed by atoms with Crippen molar-refractivity contribution >= 4 is 55.6 Å². The number of fused-ring (bicyclic) bond motifs is 5. The number of hydrogen-bond donors (Lipinski definition) is 1. The summed E-state index contributed by atoms with van der Waals surface area (Å²) in [6.07, 6.45) is 0.824. The zero-order valence-electron chi connectivity index (χ0n) is 17.2. The van der Waals surface area contributed by atoms with Gasteiger partial charge >= 0.3 is 5.97 Å². The second-order valence-electron chi connectivity index (χ2n) is 8.53. The lowest BCUT2D eigenvalue weighted by Gasteiger charge is -2.28. The molecule has 1 N–H and O–H groups in total. The topological polar surface area (TPSA) is 92.8 Å². The summed E-state index contributed by atoms with van der Waals surface area (Å²) in [4.78, 5) is 52.1. The van der Waals surface area contributed by atoms with Crippen LogP contribution in [0.2, 0.25) is 0 Å². The van der Waals surface area contributed by atoms with E-state index in [1.54, 1.807) is 0 Å². The Kier molecular flexibility index (Phi) is 6.27. The number of halogens is 2. The third-order valence-corrected chi connectivity index (χ3v) is 9.98. The number of amides is 3. The molecule has 2 bridgehead atoms. The molecule has 3 amide bonds. The Labute approximate surface area is 197 Å². The Morgan fingerprint density at radius 1 is 1.06 bits per heavy atom. The Balaban J connectivity index is 1.34. The molecule has 4 rings (SSSR count). The largest absolute Gasteiger partial charge is 0.454 e. The number of ether oxygens (including phenoxy) is 1. The quantitative estimate of drug-likeness (QED) is 0.331. The van der Waals surface area contributed by atoms with Crippen LogP contribution in [-0.4, -0.2) is 50.9 Å². The summed E-state index contributed by atoms with van der Waals surface area (Å²) in [6.45, 7) is 2.84. The van der Waals surface area contributed by atoms with Gasteiger partial charge in [-0.15, -0.1) is 0 Å². The predicted molar refractivity (Wildman–Crippen MR) is 119 cm³/mol. The normalized spacial score (nSPS) is 33.2. The van der Waals surface area contributed by atoms with E-state index in [1.807, 2.05) is 37.3 Å². The van der Waals surface area contributed by atoms with E-state index in [1.165, 1.54) is 6.92 Å². The number of carbonyl (C=O) groups is 4. The highest BCUT2D eigenvalue weighted by Gasteiger charge is 2.67. The summed E-state index contributed by atoms with van der Waals surface area (Å²) in [5.41, 5.74) is 0.931.